The molecule has 1 atom stereocenters. The number of methoxy groups -OCH3 is 1. The highest BCUT2D eigenvalue weighted by Crippen LogP contribution is 2.43. The molecule has 0 saturated carbocycles. The Bertz CT molecular complexity index is 1380. The Morgan fingerprint density at radius 3 is 2.11 bits per heavy atom. The minimum Gasteiger partial charge on any atom is -0.507 e. The number of nitro groups is 2. The maximum atomic E-state index is 13.1. The van der Waals surface area contributed by atoms with Gasteiger partial charge in [-0.05, 0) is 42.0 Å². The number of carbonyl (C=O) groups excluding carboxylic acids is 2. The number of nitrogens with zero attached hydrogens (tertiary/aromatic N) is 3. The molecule has 0 aromatic heterocycles. The van der Waals surface area contributed by atoms with Gasteiger partial charge in [-0.2, -0.15) is 0 Å². The summed E-state index contributed by atoms with van der Waals surface area (Å²) in [5.74, 6) is -2.02. The van der Waals surface area contributed by atoms with Crippen molar-refractivity contribution in [3.63, 3.8) is 0 Å². The van der Waals surface area contributed by atoms with E-state index in [0.717, 1.165) is 17.0 Å². The van der Waals surface area contributed by atoms with Gasteiger partial charge in [-0.3, -0.25) is 34.7 Å². The van der Waals surface area contributed by atoms with E-state index in [1.165, 1.54) is 43.5 Å². The molecule has 35 heavy (non-hydrogen) atoms. The van der Waals surface area contributed by atoms with Crippen LogP contribution in [-0.4, -0.2) is 33.8 Å². The molecule has 11 nitrogen and oxygen atoms in total. The van der Waals surface area contributed by atoms with Crippen molar-refractivity contribution in [2.45, 2.75) is 6.04 Å². The fourth-order valence-electron chi connectivity index (χ4n) is 3.86. The van der Waals surface area contributed by atoms with E-state index >= 15 is 0 Å². The monoisotopic (exact) mass is 475 g/mol. The van der Waals surface area contributed by atoms with Crippen molar-refractivity contribution in [1.82, 2.24) is 0 Å². The molecule has 1 aliphatic heterocycles. The van der Waals surface area contributed by atoms with E-state index in [1.54, 1.807) is 24.3 Å². The van der Waals surface area contributed by atoms with Crippen LogP contribution in [-0.2, 0) is 9.59 Å². The van der Waals surface area contributed by atoms with E-state index in [0.29, 0.717) is 11.4 Å². The van der Waals surface area contributed by atoms with Crippen molar-refractivity contribution in [2.24, 2.45) is 0 Å². The van der Waals surface area contributed by atoms with E-state index in [9.17, 15) is 34.9 Å². The average molecular weight is 475 g/mol. The summed E-state index contributed by atoms with van der Waals surface area (Å²) in [6.07, 6.45) is 0. The summed E-state index contributed by atoms with van der Waals surface area (Å²) < 4.78 is 5.13. The lowest BCUT2D eigenvalue weighted by molar-refractivity contribution is -0.385. The molecule has 0 aliphatic carbocycles. The second-order valence-electron chi connectivity index (χ2n) is 7.52. The summed E-state index contributed by atoms with van der Waals surface area (Å²) in [4.78, 5) is 48.5. The number of anilines is 1. The highest BCUT2D eigenvalue weighted by molar-refractivity contribution is 6.51. The molecule has 3 aromatic rings. The molecule has 3 aromatic carbocycles. The molecule has 1 heterocycles. The lowest BCUT2D eigenvalue weighted by atomic mass is 9.94. The van der Waals surface area contributed by atoms with E-state index < -0.39 is 33.3 Å². The molecule has 1 saturated heterocycles. The van der Waals surface area contributed by atoms with Gasteiger partial charge in [0, 0.05) is 35.5 Å². The first-order chi connectivity index (χ1) is 16.7. The number of aliphatic hydroxyl groups is 1. The Labute approximate surface area is 197 Å². The third-order valence-electron chi connectivity index (χ3n) is 5.54. The van der Waals surface area contributed by atoms with Crippen LogP contribution in [0.15, 0.2) is 78.4 Å². The summed E-state index contributed by atoms with van der Waals surface area (Å²) in [6.45, 7) is 0. The van der Waals surface area contributed by atoms with Gasteiger partial charge in [0.1, 0.15) is 11.5 Å². The van der Waals surface area contributed by atoms with Gasteiger partial charge in [-0.25, -0.2) is 0 Å². The minimum absolute atomic E-state index is 0.0683. The van der Waals surface area contributed by atoms with Crippen molar-refractivity contribution >= 4 is 34.5 Å². The summed E-state index contributed by atoms with van der Waals surface area (Å²) in [5, 5.41) is 33.4. The third-order valence-corrected chi connectivity index (χ3v) is 5.54. The van der Waals surface area contributed by atoms with Gasteiger partial charge in [0.05, 0.1) is 28.6 Å². The molecular weight excluding hydrogens is 458 g/mol. The van der Waals surface area contributed by atoms with Gasteiger partial charge in [-0.1, -0.05) is 12.1 Å². The number of amides is 1. The maximum Gasteiger partial charge on any atom is 0.300 e. The fourth-order valence-corrected chi connectivity index (χ4v) is 3.86. The van der Waals surface area contributed by atoms with E-state index in [-0.39, 0.29) is 28.1 Å². The van der Waals surface area contributed by atoms with E-state index in [1.807, 2.05) is 0 Å². The molecule has 1 unspecified atom stereocenters. The molecule has 4 rings (SSSR count). The van der Waals surface area contributed by atoms with Gasteiger partial charge in [-0.15, -0.1) is 0 Å². The maximum absolute atomic E-state index is 13.1. The van der Waals surface area contributed by atoms with Crippen LogP contribution < -0.4 is 9.64 Å². The fraction of sp³-hybridized carbons (Fsp3) is 0.0833. The molecule has 1 amide bonds. The van der Waals surface area contributed by atoms with Crippen molar-refractivity contribution in [2.75, 3.05) is 12.0 Å². The second-order valence-corrected chi connectivity index (χ2v) is 7.52. The number of ether oxygens (including phenoxy) is 1. The molecule has 0 spiro atoms. The number of hydrogen-bond acceptors (Lipinski definition) is 8. The first kappa shape index (κ1) is 23.1. The number of aliphatic hydroxyl groups excluding tert-OH is 1. The normalized spacial score (nSPS) is 16.8. The molecule has 0 radical (unpaired) electrons. The number of non-ortho nitro benzene ring substituents is 2. The minimum atomic E-state index is -1.20. The molecule has 11 heteroatoms. The SMILES string of the molecule is COc1ccc(N2C(=O)C(=O)/C(=C(/O)c3ccc([N+](=O)[O-])cc3)C2c2cccc([N+](=O)[O-])c2)cc1. The van der Waals surface area contributed by atoms with Crippen LogP contribution >= 0.6 is 0 Å². The molecule has 1 aliphatic rings. The molecule has 176 valence electrons. The summed E-state index contributed by atoms with van der Waals surface area (Å²) in [6, 6.07) is 15.2. The highest BCUT2D eigenvalue weighted by Gasteiger charge is 2.47. The number of rotatable bonds is 6. The zero-order valence-electron chi connectivity index (χ0n) is 18.2. The predicted octanol–water partition coefficient (Wildman–Crippen LogP) is 4.14. The number of Topliss-reactive ketones (excluding diaryl/α,β-unsaturated/α-hetero) is 1. The van der Waals surface area contributed by atoms with Crippen LogP contribution in [0.5, 0.6) is 5.75 Å². The first-order valence-corrected chi connectivity index (χ1v) is 10.2. The molecule has 0 bridgehead atoms. The van der Waals surface area contributed by atoms with Crippen molar-refractivity contribution in [1.29, 1.82) is 0 Å². The van der Waals surface area contributed by atoms with Gasteiger partial charge >= 0.3 is 0 Å². The predicted molar refractivity (Wildman–Crippen MR) is 124 cm³/mol. The standard InChI is InChI=1S/C24H17N3O8/c1-35-19-11-9-16(10-12-19)25-21(15-3-2-4-18(13-15)27(33)34)20(23(29)24(25)30)22(28)14-5-7-17(8-6-14)26(31)32/h2-13,21,28H,1H3/b22-20+. The summed E-state index contributed by atoms with van der Waals surface area (Å²) >= 11 is 0. The van der Waals surface area contributed by atoms with Crippen LogP contribution in [0.2, 0.25) is 0 Å². The van der Waals surface area contributed by atoms with Crippen molar-refractivity contribution in [3.8, 4) is 5.75 Å². The van der Waals surface area contributed by atoms with Gasteiger partial charge in [0.25, 0.3) is 23.1 Å². The first-order valence-electron chi connectivity index (χ1n) is 10.2. The zero-order chi connectivity index (χ0) is 25.3. The van der Waals surface area contributed by atoms with Gasteiger partial charge in [0.2, 0.25) is 0 Å². The molecule has 1 fully saturated rings. The summed E-state index contributed by atoms with van der Waals surface area (Å²) in [5.41, 5.74) is -0.211. The Hall–Kier alpha value is -5.06. The number of nitro benzene ring substituents is 2. The Morgan fingerprint density at radius 2 is 1.54 bits per heavy atom. The Morgan fingerprint density at radius 1 is 0.914 bits per heavy atom. The van der Waals surface area contributed by atoms with E-state index in [2.05, 4.69) is 0 Å². The third kappa shape index (κ3) is 4.17. The van der Waals surface area contributed by atoms with Gasteiger partial charge in [0.15, 0.2) is 0 Å². The zero-order valence-corrected chi connectivity index (χ0v) is 18.2. The quantitative estimate of drug-likeness (QED) is 0.183. The Kier molecular flexibility index (Phi) is 5.98. The lowest BCUT2D eigenvalue weighted by Crippen LogP contribution is -2.29. The van der Waals surface area contributed by atoms with E-state index in [4.69, 9.17) is 4.74 Å². The topological polar surface area (TPSA) is 153 Å². The summed E-state index contributed by atoms with van der Waals surface area (Å²) in [7, 11) is 1.47. The van der Waals surface area contributed by atoms with Crippen LogP contribution in [0.3, 0.4) is 0 Å². The Balaban J connectivity index is 1.93. The van der Waals surface area contributed by atoms with Crippen LogP contribution in [0, 0.1) is 20.2 Å². The highest BCUT2D eigenvalue weighted by atomic mass is 16.6. The van der Waals surface area contributed by atoms with Crippen LogP contribution in [0.4, 0.5) is 17.1 Å². The smallest absolute Gasteiger partial charge is 0.300 e. The van der Waals surface area contributed by atoms with Crippen molar-refractivity contribution in [3.05, 3.63) is 110 Å². The van der Waals surface area contributed by atoms with Crippen LogP contribution in [0.1, 0.15) is 17.2 Å². The van der Waals surface area contributed by atoms with Gasteiger partial charge < -0.3 is 9.84 Å². The number of carbonyl (C=O) groups is 2. The second kappa shape index (κ2) is 9.06. The number of hydrogen-bond donors (Lipinski definition) is 1. The lowest BCUT2D eigenvalue weighted by Gasteiger charge is -2.25. The van der Waals surface area contributed by atoms with Crippen molar-refractivity contribution < 1.29 is 29.3 Å². The average Bonchev–Trinajstić information content (AvgIpc) is 3.14. The molecular formula is C24H17N3O8. The number of benzene rings is 3. The van der Waals surface area contributed by atoms with Crippen LogP contribution in [0.25, 0.3) is 5.76 Å². The number of ketones is 1. The largest absolute Gasteiger partial charge is 0.507 e. The molecule has 1 N–H and O–H groups in total.